The molecule has 1 atom stereocenters. The molecule has 2 rings (SSSR count). The van der Waals surface area contributed by atoms with Gasteiger partial charge in [0.25, 0.3) is 0 Å². The van der Waals surface area contributed by atoms with Crippen LogP contribution in [0.2, 0.25) is 0 Å². The Morgan fingerprint density at radius 3 is 2.65 bits per heavy atom. The summed E-state index contributed by atoms with van der Waals surface area (Å²) in [5.74, 6) is 1.83. The lowest BCUT2D eigenvalue weighted by molar-refractivity contribution is 0.481. The van der Waals surface area contributed by atoms with Crippen LogP contribution in [-0.4, -0.2) is 4.21 Å². The highest BCUT2D eigenvalue weighted by Gasteiger charge is 2.08. The van der Waals surface area contributed by atoms with Crippen molar-refractivity contribution < 1.29 is 8.63 Å². The summed E-state index contributed by atoms with van der Waals surface area (Å²) in [5, 5.41) is 0. The van der Waals surface area contributed by atoms with E-state index in [4.69, 9.17) is 10.2 Å². The van der Waals surface area contributed by atoms with Gasteiger partial charge in [-0.2, -0.15) is 0 Å². The fourth-order valence-electron chi connectivity index (χ4n) is 1.58. The summed E-state index contributed by atoms with van der Waals surface area (Å²) in [6.45, 7) is 2.36. The zero-order chi connectivity index (χ0) is 12.3. The van der Waals surface area contributed by atoms with Gasteiger partial charge in [0.1, 0.15) is 11.5 Å². The van der Waals surface area contributed by atoms with Crippen LogP contribution in [0.25, 0.3) is 0 Å². The van der Waals surface area contributed by atoms with Crippen LogP contribution in [0.4, 0.5) is 0 Å². The Morgan fingerprint density at radius 2 is 2.00 bits per heavy atom. The normalized spacial score (nSPS) is 12.6. The summed E-state index contributed by atoms with van der Waals surface area (Å²) in [7, 11) is -1.07. The Morgan fingerprint density at radius 1 is 1.24 bits per heavy atom. The van der Waals surface area contributed by atoms with Crippen LogP contribution in [0.5, 0.6) is 0 Å². The highest BCUT2D eigenvalue weighted by Crippen LogP contribution is 2.15. The number of aryl methyl sites for hydroxylation is 1. The lowest BCUT2D eigenvalue weighted by Crippen LogP contribution is -1.96. The van der Waals surface area contributed by atoms with E-state index in [0.717, 1.165) is 16.2 Å². The topological polar surface area (TPSA) is 56.2 Å². The molecular formula is C13H15NO2S. The van der Waals surface area contributed by atoms with Gasteiger partial charge in [0.05, 0.1) is 23.1 Å². The van der Waals surface area contributed by atoms with E-state index >= 15 is 0 Å². The molecule has 0 aliphatic rings. The molecule has 4 heteroatoms. The number of benzene rings is 1. The molecule has 0 saturated heterocycles. The number of rotatable bonds is 4. The van der Waals surface area contributed by atoms with Crippen LogP contribution in [-0.2, 0) is 23.1 Å². The minimum absolute atomic E-state index is 0.372. The van der Waals surface area contributed by atoms with E-state index in [2.05, 4.69) is 0 Å². The van der Waals surface area contributed by atoms with Gasteiger partial charge in [-0.05, 0) is 36.8 Å². The predicted molar refractivity (Wildman–Crippen MR) is 67.9 cm³/mol. The molecule has 0 radical (unpaired) electrons. The van der Waals surface area contributed by atoms with Crippen molar-refractivity contribution in [2.45, 2.75) is 24.1 Å². The van der Waals surface area contributed by atoms with Gasteiger partial charge in [-0.15, -0.1) is 0 Å². The van der Waals surface area contributed by atoms with Crippen molar-refractivity contribution >= 4 is 10.8 Å². The quantitative estimate of drug-likeness (QED) is 0.905. The van der Waals surface area contributed by atoms with E-state index in [1.54, 1.807) is 0 Å². The van der Waals surface area contributed by atoms with E-state index in [0.29, 0.717) is 18.1 Å². The van der Waals surface area contributed by atoms with E-state index in [9.17, 15) is 4.21 Å². The molecule has 0 fully saturated rings. The summed E-state index contributed by atoms with van der Waals surface area (Å²) < 4.78 is 17.5. The molecule has 1 aromatic carbocycles. The molecule has 0 amide bonds. The third-order valence-corrected chi connectivity index (χ3v) is 3.77. The lowest BCUT2D eigenvalue weighted by atomic mass is 10.2. The first-order chi connectivity index (χ1) is 8.19. The van der Waals surface area contributed by atoms with Gasteiger partial charge in [0.15, 0.2) is 0 Å². The fraction of sp³-hybridized carbons (Fsp3) is 0.231. The van der Waals surface area contributed by atoms with Crippen molar-refractivity contribution in [3.05, 3.63) is 53.5 Å². The van der Waals surface area contributed by atoms with Crippen LogP contribution in [0, 0.1) is 6.92 Å². The maximum Gasteiger partial charge on any atom is 0.117 e. The number of nitrogens with two attached hydrogens (primary N) is 1. The molecule has 2 N–H and O–H groups in total. The number of furan rings is 1. The summed E-state index contributed by atoms with van der Waals surface area (Å²) in [4.78, 5) is 0.829. The molecule has 90 valence electrons. The fourth-order valence-corrected chi connectivity index (χ4v) is 2.71. The van der Waals surface area contributed by atoms with Crippen LogP contribution >= 0.6 is 0 Å². The van der Waals surface area contributed by atoms with Gasteiger partial charge >= 0.3 is 0 Å². The molecular weight excluding hydrogens is 234 g/mol. The molecule has 17 heavy (non-hydrogen) atoms. The maximum atomic E-state index is 12.1. The van der Waals surface area contributed by atoms with E-state index in [1.807, 2.05) is 43.3 Å². The first-order valence-electron chi connectivity index (χ1n) is 5.42. The summed E-state index contributed by atoms with van der Waals surface area (Å²) in [6.07, 6.45) is 0. The van der Waals surface area contributed by atoms with Gasteiger partial charge in [0.2, 0.25) is 0 Å². The molecule has 1 aromatic heterocycles. The van der Waals surface area contributed by atoms with Gasteiger partial charge in [-0.25, -0.2) is 0 Å². The van der Waals surface area contributed by atoms with E-state index < -0.39 is 10.8 Å². The Kier molecular flexibility index (Phi) is 3.76. The van der Waals surface area contributed by atoms with Crippen molar-refractivity contribution in [1.29, 1.82) is 0 Å². The largest absolute Gasteiger partial charge is 0.464 e. The molecule has 0 bridgehead atoms. The molecule has 0 aliphatic heterocycles. The van der Waals surface area contributed by atoms with Gasteiger partial charge in [-0.1, -0.05) is 12.1 Å². The highest BCUT2D eigenvalue weighted by atomic mass is 32.2. The standard InChI is InChI=1S/C13H15NO2S/c1-10-3-2-4-13(7-10)17(15)9-12-6-5-11(8-14)16-12/h2-7H,8-9,14H2,1H3. The second-order valence-electron chi connectivity index (χ2n) is 3.88. The SMILES string of the molecule is Cc1cccc(S(=O)Cc2ccc(CN)o2)c1. The smallest absolute Gasteiger partial charge is 0.117 e. The first kappa shape index (κ1) is 12.1. The molecule has 1 heterocycles. The maximum absolute atomic E-state index is 12.1. The first-order valence-corrected chi connectivity index (χ1v) is 6.73. The van der Waals surface area contributed by atoms with Crippen molar-refractivity contribution in [2.24, 2.45) is 5.73 Å². The van der Waals surface area contributed by atoms with Crippen LogP contribution in [0.1, 0.15) is 17.1 Å². The summed E-state index contributed by atoms with van der Waals surface area (Å²) in [6, 6.07) is 11.4. The Bertz CT molecular complexity index is 534. The van der Waals surface area contributed by atoms with Crippen LogP contribution in [0.15, 0.2) is 45.7 Å². The Balaban J connectivity index is 2.11. The van der Waals surface area contributed by atoms with Crippen LogP contribution < -0.4 is 5.73 Å². The molecule has 3 nitrogen and oxygen atoms in total. The molecule has 0 aliphatic carbocycles. The number of hydrogen-bond acceptors (Lipinski definition) is 3. The molecule has 0 spiro atoms. The second kappa shape index (κ2) is 5.29. The third-order valence-electron chi connectivity index (χ3n) is 2.44. The Hall–Kier alpha value is -1.39. The average Bonchev–Trinajstić information content (AvgIpc) is 2.77. The molecule has 1 unspecified atom stereocenters. The average molecular weight is 249 g/mol. The van der Waals surface area contributed by atoms with Crippen LogP contribution in [0.3, 0.4) is 0 Å². The van der Waals surface area contributed by atoms with E-state index in [1.165, 1.54) is 0 Å². The minimum Gasteiger partial charge on any atom is -0.464 e. The predicted octanol–water partition coefficient (Wildman–Crippen LogP) is 2.35. The summed E-state index contributed by atoms with van der Waals surface area (Å²) in [5.41, 5.74) is 6.56. The van der Waals surface area contributed by atoms with E-state index in [-0.39, 0.29) is 0 Å². The van der Waals surface area contributed by atoms with Gasteiger partial charge in [-0.3, -0.25) is 4.21 Å². The highest BCUT2D eigenvalue weighted by molar-refractivity contribution is 7.84. The third kappa shape index (κ3) is 3.05. The number of hydrogen-bond donors (Lipinski definition) is 1. The lowest BCUT2D eigenvalue weighted by Gasteiger charge is -2.01. The van der Waals surface area contributed by atoms with Crippen molar-refractivity contribution in [3.8, 4) is 0 Å². The molecule has 0 saturated carbocycles. The van der Waals surface area contributed by atoms with Crippen molar-refractivity contribution in [1.82, 2.24) is 0 Å². The van der Waals surface area contributed by atoms with Crippen molar-refractivity contribution in [2.75, 3.05) is 0 Å². The Labute approximate surface area is 103 Å². The molecule has 2 aromatic rings. The summed E-state index contributed by atoms with van der Waals surface area (Å²) >= 11 is 0. The zero-order valence-electron chi connectivity index (χ0n) is 9.68. The monoisotopic (exact) mass is 249 g/mol. The van der Waals surface area contributed by atoms with Gasteiger partial charge in [0, 0.05) is 4.90 Å². The zero-order valence-corrected chi connectivity index (χ0v) is 10.5. The van der Waals surface area contributed by atoms with Crippen molar-refractivity contribution in [3.63, 3.8) is 0 Å². The second-order valence-corrected chi connectivity index (χ2v) is 5.33. The van der Waals surface area contributed by atoms with Gasteiger partial charge < -0.3 is 10.2 Å². The minimum atomic E-state index is -1.07.